The van der Waals surface area contributed by atoms with Gasteiger partial charge in [0.25, 0.3) is 5.56 Å². The number of nitrogens with zero attached hydrogens (tertiary/aromatic N) is 2. The van der Waals surface area contributed by atoms with E-state index < -0.39 is 17.2 Å². The lowest BCUT2D eigenvalue weighted by molar-refractivity contribution is -0.122. The summed E-state index contributed by atoms with van der Waals surface area (Å²) in [7, 11) is 1.51. The Balaban J connectivity index is 1.49. The number of hydrogen-bond donors (Lipinski definition) is 2. The van der Waals surface area contributed by atoms with Crippen molar-refractivity contribution in [3.63, 3.8) is 0 Å². The van der Waals surface area contributed by atoms with Crippen molar-refractivity contribution in [2.45, 2.75) is 64.1 Å². The van der Waals surface area contributed by atoms with Crippen LogP contribution in [0.25, 0.3) is 10.9 Å². The first-order valence-corrected chi connectivity index (χ1v) is 12.4. The van der Waals surface area contributed by atoms with Crippen LogP contribution < -0.4 is 26.6 Å². The van der Waals surface area contributed by atoms with Gasteiger partial charge < -0.3 is 15.4 Å². The standard InChI is InChI=1S/C27H32N4O5/c1-36-23-15-7-5-13-21(23)29-25(33)18-31-22-14-6-4-12-20(22)26(34)30(27(31)35)17-9-8-16-24(32)28-19-10-2-3-11-19/h4-7,12-15,19H,2-3,8-11,16-18H2,1H3,(H,28,32)(H,29,33). The van der Waals surface area contributed by atoms with E-state index in [0.29, 0.717) is 41.6 Å². The average molecular weight is 493 g/mol. The van der Waals surface area contributed by atoms with Gasteiger partial charge in [0.1, 0.15) is 12.3 Å². The summed E-state index contributed by atoms with van der Waals surface area (Å²) in [5, 5.41) is 6.19. The van der Waals surface area contributed by atoms with Crippen LogP contribution >= 0.6 is 0 Å². The highest BCUT2D eigenvalue weighted by atomic mass is 16.5. The van der Waals surface area contributed by atoms with E-state index in [0.717, 1.165) is 30.3 Å². The van der Waals surface area contributed by atoms with Gasteiger partial charge in [-0.25, -0.2) is 4.79 Å². The molecule has 2 amide bonds. The second-order valence-corrected chi connectivity index (χ2v) is 9.10. The molecule has 4 rings (SSSR count). The molecular formula is C27H32N4O5. The number of rotatable bonds is 10. The van der Waals surface area contributed by atoms with Crippen LogP contribution in [0.2, 0.25) is 0 Å². The van der Waals surface area contributed by atoms with Gasteiger partial charge in [-0.1, -0.05) is 37.1 Å². The molecule has 1 aromatic heterocycles. The molecule has 0 unspecified atom stereocenters. The zero-order valence-corrected chi connectivity index (χ0v) is 20.5. The largest absolute Gasteiger partial charge is 0.495 e. The summed E-state index contributed by atoms with van der Waals surface area (Å²) in [4.78, 5) is 51.4. The normalized spacial score (nSPS) is 13.6. The van der Waals surface area contributed by atoms with Gasteiger partial charge in [0.2, 0.25) is 11.8 Å². The zero-order valence-electron chi connectivity index (χ0n) is 20.5. The molecule has 1 fully saturated rings. The predicted octanol–water partition coefficient (Wildman–Crippen LogP) is 3.04. The van der Waals surface area contributed by atoms with E-state index >= 15 is 0 Å². The lowest BCUT2D eigenvalue weighted by Crippen LogP contribution is -2.41. The van der Waals surface area contributed by atoms with Crippen LogP contribution in [0, 0.1) is 0 Å². The first-order valence-electron chi connectivity index (χ1n) is 12.4. The number of aromatic nitrogens is 2. The van der Waals surface area contributed by atoms with E-state index in [9.17, 15) is 19.2 Å². The molecule has 1 saturated carbocycles. The lowest BCUT2D eigenvalue weighted by Gasteiger charge is -2.15. The summed E-state index contributed by atoms with van der Waals surface area (Å²) in [6, 6.07) is 14.0. The number of methoxy groups -OCH3 is 1. The third kappa shape index (κ3) is 5.84. The fourth-order valence-corrected chi connectivity index (χ4v) is 4.73. The minimum absolute atomic E-state index is 0.0122. The summed E-state index contributed by atoms with van der Waals surface area (Å²) in [6.07, 6.45) is 5.78. The summed E-state index contributed by atoms with van der Waals surface area (Å²) in [5.74, 6) is 0.101. The molecule has 0 spiro atoms. The first-order chi connectivity index (χ1) is 17.5. The third-order valence-electron chi connectivity index (χ3n) is 6.57. The summed E-state index contributed by atoms with van der Waals surface area (Å²) in [6.45, 7) is -0.0885. The van der Waals surface area contributed by atoms with Crippen molar-refractivity contribution in [2.75, 3.05) is 12.4 Å². The maximum atomic E-state index is 13.3. The maximum absolute atomic E-state index is 13.3. The van der Waals surface area contributed by atoms with Crippen molar-refractivity contribution >= 4 is 28.4 Å². The minimum atomic E-state index is -0.552. The fraction of sp³-hybridized carbons (Fsp3) is 0.407. The summed E-state index contributed by atoms with van der Waals surface area (Å²) in [5.41, 5.74) is -0.0573. The van der Waals surface area contributed by atoms with Crippen LogP contribution in [0.4, 0.5) is 5.69 Å². The zero-order chi connectivity index (χ0) is 25.5. The molecule has 0 aliphatic heterocycles. The van der Waals surface area contributed by atoms with Crippen LogP contribution in [0.1, 0.15) is 44.9 Å². The molecule has 1 heterocycles. The van der Waals surface area contributed by atoms with Crippen molar-refractivity contribution in [1.82, 2.24) is 14.5 Å². The highest BCUT2D eigenvalue weighted by Gasteiger charge is 2.18. The number of ether oxygens (including phenoxy) is 1. The molecule has 2 aromatic carbocycles. The molecule has 0 radical (unpaired) electrons. The highest BCUT2D eigenvalue weighted by Crippen LogP contribution is 2.23. The number of anilines is 1. The number of hydrogen-bond acceptors (Lipinski definition) is 5. The molecule has 9 heteroatoms. The number of amides is 2. The Labute approximate surface area is 209 Å². The Kier molecular flexibility index (Phi) is 8.20. The molecule has 3 aromatic rings. The molecule has 1 aliphatic carbocycles. The summed E-state index contributed by atoms with van der Waals surface area (Å²) < 4.78 is 7.75. The third-order valence-corrected chi connectivity index (χ3v) is 6.57. The molecule has 2 N–H and O–H groups in total. The van der Waals surface area contributed by atoms with Crippen LogP contribution in [-0.2, 0) is 22.7 Å². The van der Waals surface area contributed by atoms with E-state index in [2.05, 4.69) is 10.6 Å². The first kappa shape index (κ1) is 25.2. The van der Waals surface area contributed by atoms with Gasteiger partial charge >= 0.3 is 5.69 Å². The average Bonchev–Trinajstić information content (AvgIpc) is 3.39. The van der Waals surface area contributed by atoms with Gasteiger partial charge in [-0.05, 0) is 49.9 Å². The van der Waals surface area contributed by atoms with Crippen molar-refractivity contribution in [2.24, 2.45) is 0 Å². The van der Waals surface area contributed by atoms with Crippen molar-refractivity contribution in [3.8, 4) is 5.75 Å². The second kappa shape index (κ2) is 11.7. The van der Waals surface area contributed by atoms with Crippen LogP contribution in [0.5, 0.6) is 5.75 Å². The Bertz CT molecular complexity index is 1350. The molecule has 9 nitrogen and oxygen atoms in total. The molecule has 190 valence electrons. The Morgan fingerprint density at radius 3 is 2.44 bits per heavy atom. The maximum Gasteiger partial charge on any atom is 0.331 e. The quantitative estimate of drug-likeness (QED) is 0.423. The monoisotopic (exact) mass is 492 g/mol. The molecular weight excluding hydrogens is 460 g/mol. The number of nitrogens with one attached hydrogen (secondary N) is 2. The second-order valence-electron chi connectivity index (χ2n) is 9.10. The van der Waals surface area contributed by atoms with Gasteiger partial charge in [0.15, 0.2) is 0 Å². The number of unbranched alkanes of at least 4 members (excludes halogenated alkanes) is 1. The number of benzene rings is 2. The van der Waals surface area contributed by atoms with Crippen LogP contribution in [0.15, 0.2) is 58.1 Å². The van der Waals surface area contributed by atoms with Crippen molar-refractivity contribution in [3.05, 3.63) is 69.4 Å². The van der Waals surface area contributed by atoms with E-state index in [4.69, 9.17) is 4.74 Å². The topological polar surface area (TPSA) is 111 Å². The molecule has 1 aliphatic rings. The molecule has 36 heavy (non-hydrogen) atoms. The lowest BCUT2D eigenvalue weighted by atomic mass is 10.2. The van der Waals surface area contributed by atoms with E-state index in [1.807, 2.05) is 0 Å². The van der Waals surface area contributed by atoms with Crippen molar-refractivity contribution in [1.29, 1.82) is 0 Å². The molecule has 0 atom stereocenters. The van der Waals surface area contributed by atoms with Crippen molar-refractivity contribution < 1.29 is 14.3 Å². The van der Waals surface area contributed by atoms with E-state index in [-0.39, 0.29) is 25.0 Å². The van der Waals surface area contributed by atoms with Gasteiger partial charge in [-0.3, -0.25) is 23.5 Å². The SMILES string of the molecule is COc1ccccc1NC(=O)Cn1c(=O)n(CCCCC(=O)NC2CCCC2)c(=O)c2ccccc21. The van der Waals surface area contributed by atoms with Crippen LogP contribution in [-0.4, -0.2) is 34.1 Å². The number of fused-ring (bicyclic) bond motifs is 1. The van der Waals surface area contributed by atoms with Gasteiger partial charge in [-0.2, -0.15) is 0 Å². The molecule has 0 bridgehead atoms. The minimum Gasteiger partial charge on any atom is -0.495 e. The van der Waals surface area contributed by atoms with Crippen LogP contribution in [0.3, 0.4) is 0 Å². The Morgan fingerprint density at radius 2 is 1.67 bits per heavy atom. The van der Waals surface area contributed by atoms with E-state index in [1.54, 1.807) is 48.5 Å². The highest BCUT2D eigenvalue weighted by molar-refractivity contribution is 5.93. The Hall–Kier alpha value is -3.88. The predicted molar refractivity (Wildman–Crippen MR) is 138 cm³/mol. The van der Waals surface area contributed by atoms with Gasteiger partial charge in [0, 0.05) is 19.0 Å². The fourth-order valence-electron chi connectivity index (χ4n) is 4.73. The van der Waals surface area contributed by atoms with E-state index in [1.165, 1.54) is 11.7 Å². The number of para-hydroxylation sites is 3. The summed E-state index contributed by atoms with van der Waals surface area (Å²) >= 11 is 0. The van der Waals surface area contributed by atoms with Gasteiger partial charge in [-0.15, -0.1) is 0 Å². The smallest absolute Gasteiger partial charge is 0.331 e. The van der Waals surface area contributed by atoms with Gasteiger partial charge in [0.05, 0.1) is 23.7 Å². The number of carbonyl (C=O) groups excluding carboxylic acids is 2. The Morgan fingerprint density at radius 1 is 0.944 bits per heavy atom. The molecule has 0 saturated heterocycles. The number of carbonyl (C=O) groups is 2.